The van der Waals surface area contributed by atoms with Gasteiger partial charge in [0.05, 0.1) is 18.1 Å². The van der Waals surface area contributed by atoms with Gasteiger partial charge in [-0.3, -0.25) is 4.79 Å². The number of hydrogen-bond donors (Lipinski definition) is 1. The lowest BCUT2D eigenvalue weighted by atomic mass is 9.99. The number of aromatic nitrogens is 2. The quantitative estimate of drug-likeness (QED) is 0.583. The zero-order valence-corrected chi connectivity index (χ0v) is 19.1. The smallest absolute Gasteiger partial charge is 0.239 e. The fraction of sp³-hybridized carbons (Fsp3) is 0.333. The maximum Gasteiger partial charge on any atom is 0.239 e. The summed E-state index contributed by atoms with van der Waals surface area (Å²) in [4.78, 5) is 19.2. The Morgan fingerprint density at radius 2 is 1.68 bits per heavy atom. The van der Waals surface area contributed by atoms with Gasteiger partial charge in [0, 0.05) is 32.3 Å². The molecule has 1 amide bonds. The van der Waals surface area contributed by atoms with Crippen molar-refractivity contribution < 1.29 is 4.79 Å². The predicted octanol–water partition coefficient (Wildman–Crippen LogP) is 3.74. The minimum atomic E-state index is -0.537. The van der Waals surface area contributed by atoms with Crippen molar-refractivity contribution >= 4 is 30.7 Å². The number of likely N-dealkylation sites (tertiary alicyclic amines) is 1. The maximum absolute atomic E-state index is 12.8. The summed E-state index contributed by atoms with van der Waals surface area (Å²) in [6, 6.07) is 20.2. The van der Waals surface area contributed by atoms with E-state index in [1.807, 2.05) is 46.3 Å². The van der Waals surface area contributed by atoms with Gasteiger partial charge in [-0.1, -0.05) is 60.7 Å². The summed E-state index contributed by atoms with van der Waals surface area (Å²) in [6.07, 6.45) is 6.33. The van der Waals surface area contributed by atoms with Gasteiger partial charge in [0.1, 0.15) is 0 Å². The number of amides is 1. The van der Waals surface area contributed by atoms with Crippen molar-refractivity contribution in [3.63, 3.8) is 0 Å². The second-order valence-corrected chi connectivity index (χ2v) is 7.96. The molecule has 4 rings (SSSR count). The molecule has 0 bridgehead atoms. The van der Waals surface area contributed by atoms with Crippen LogP contribution in [0.25, 0.3) is 0 Å². The topological polar surface area (TPSA) is 64.2 Å². The fourth-order valence-electron chi connectivity index (χ4n) is 4.09. The summed E-state index contributed by atoms with van der Waals surface area (Å²) >= 11 is 0. The predicted molar refractivity (Wildman–Crippen MR) is 129 cm³/mol. The minimum Gasteiger partial charge on any atom is -0.341 e. The van der Waals surface area contributed by atoms with Crippen molar-refractivity contribution in [2.75, 3.05) is 13.1 Å². The Balaban J connectivity index is 0.00000171. The van der Waals surface area contributed by atoms with Crippen molar-refractivity contribution in [3.05, 3.63) is 90.0 Å². The first kappa shape index (κ1) is 24.9. The van der Waals surface area contributed by atoms with Crippen molar-refractivity contribution in [2.45, 2.75) is 31.8 Å². The number of benzene rings is 2. The average Bonchev–Trinajstić information content (AvgIpc) is 3.38. The lowest BCUT2D eigenvalue weighted by Gasteiger charge is -2.20. The number of imidazole rings is 1. The lowest BCUT2D eigenvalue weighted by Crippen LogP contribution is -2.44. The molecular formula is C24H30Cl2N4O. The molecule has 1 fully saturated rings. The second kappa shape index (κ2) is 11.9. The van der Waals surface area contributed by atoms with Gasteiger partial charge in [0.2, 0.25) is 5.91 Å². The zero-order chi connectivity index (χ0) is 20.1. The number of halogens is 2. The van der Waals surface area contributed by atoms with Crippen molar-refractivity contribution in [1.82, 2.24) is 14.5 Å². The summed E-state index contributed by atoms with van der Waals surface area (Å²) in [7, 11) is 0. The molecule has 7 heteroatoms. The van der Waals surface area contributed by atoms with Crippen molar-refractivity contribution in [2.24, 2.45) is 11.7 Å². The third kappa shape index (κ3) is 6.82. The molecule has 0 aliphatic carbocycles. The van der Waals surface area contributed by atoms with Gasteiger partial charge < -0.3 is 15.2 Å². The number of hydrogen-bond acceptors (Lipinski definition) is 3. The molecule has 2 aromatic carbocycles. The van der Waals surface area contributed by atoms with Crippen LogP contribution >= 0.6 is 24.8 Å². The second-order valence-electron chi connectivity index (χ2n) is 7.96. The highest BCUT2D eigenvalue weighted by Crippen LogP contribution is 2.21. The number of carbonyl (C=O) groups is 1. The average molecular weight is 461 g/mol. The highest BCUT2D eigenvalue weighted by molar-refractivity contribution is 5.85. The molecule has 0 radical (unpaired) electrons. The molecule has 2 N–H and O–H groups in total. The molecule has 1 unspecified atom stereocenters. The first-order chi connectivity index (χ1) is 14.2. The molecule has 1 aliphatic rings. The van der Waals surface area contributed by atoms with Crippen LogP contribution in [0.15, 0.2) is 73.2 Å². The first-order valence-electron chi connectivity index (χ1n) is 10.3. The van der Waals surface area contributed by atoms with Crippen molar-refractivity contribution in [1.29, 1.82) is 0 Å². The normalized spacial score (nSPS) is 16.3. The van der Waals surface area contributed by atoms with E-state index in [9.17, 15) is 4.79 Å². The van der Waals surface area contributed by atoms with E-state index in [-0.39, 0.29) is 30.7 Å². The largest absolute Gasteiger partial charge is 0.341 e. The van der Waals surface area contributed by atoms with E-state index in [1.165, 1.54) is 11.1 Å². The molecule has 166 valence electrons. The van der Waals surface area contributed by atoms with Gasteiger partial charge >= 0.3 is 0 Å². The molecule has 1 saturated heterocycles. The summed E-state index contributed by atoms with van der Waals surface area (Å²) in [5.41, 5.74) is 9.67. The minimum absolute atomic E-state index is 0. The van der Waals surface area contributed by atoms with Crippen LogP contribution in [0.4, 0.5) is 0 Å². The maximum atomic E-state index is 12.8. The van der Waals surface area contributed by atoms with E-state index in [2.05, 4.69) is 41.4 Å². The van der Waals surface area contributed by atoms with Crippen LogP contribution in [-0.2, 0) is 24.2 Å². The SMILES string of the molecule is Cl.Cl.N[C@@H](Cc1cn(Cc2ccccc2)cn1)C(=O)N1CCC(Cc2ccccc2)C1. The highest BCUT2D eigenvalue weighted by Gasteiger charge is 2.29. The third-order valence-corrected chi connectivity index (χ3v) is 5.61. The van der Waals surface area contributed by atoms with Crippen LogP contribution in [0.5, 0.6) is 0 Å². The molecule has 1 aliphatic heterocycles. The Hall–Kier alpha value is -2.34. The Kier molecular flexibility index (Phi) is 9.56. The Morgan fingerprint density at radius 3 is 2.35 bits per heavy atom. The van der Waals surface area contributed by atoms with Crippen LogP contribution in [0.1, 0.15) is 23.2 Å². The molecular weight excluding hydrogens is 431 g/mol. The number of nitrogens with zero attached hydrogens (tertiary/aromatic N) is 3. The fourth-order valence-corrected chi connectivity index (χ4v) is 4.09. The van der Waals surface area contributed by atoms with Crippen LogP contribution in [0.3, 0.4) is 0 Å². The van der Waals surface area contributed by atoms with E-state index in [1.54, 1.807) is 0 Å². The van der Waals surface area contributed by atoms with Crippen LogP contribution in [0.2, 0.25) is 0 Å². The van der Waals surface area contributed by atoms with Gasteiger partial charge in [0.15, 0.2) is 0 Å². The molecule has 3 aromatic rings. The van der Waals surface area contributed by atoms with Gasteiger partial charge in [-0.2, -0.15) is 0 Å². The number of nitrogens with two attached hydrogens (primary N) is 1. The van der Waals surface area contributed by atoms with E-state index in [4.69, 9.17) is 5.73 Å². The van der Waals surface area contributed by atoms with E-state index < -0.39 is 6.04 Å². The lowest BCUT2D eigenvalue weighted by molar-refractivity contribution is -0.131. The Morgan fingerprint density at radius 1 is 1.03 bits per heavy atom. The van der Waals surface area contributed by atoms with E-state index >= 15 is 0 Å². The van der Waals surface area contributed by atoms with Crippen LogP contribution in [0, 0.1) is 5.92 Å². The van der Waals surface area contributed by atoms with Crippen LogP contribution < -0.4 is 5.73 Å². The zero-order valence-electron chi connectivity index (χ0n) is 17.5. The molecule has 1 aromatic heterocycles. The van der Waals surface area contributed by atoms with Crippen molar-refractivity contribution in [3.8, 4) is 0 Å². The molecule has 31 heavy (non-hydrogen) atoms. The van der Waals surface area contributed by atoms with E-state index in [0.29, 0.717) is 12.3 Å². The van der Waals surface area contributed by atoms with Crippen LogP contribution in [-0.4, -0.2) is 39.5 Å². The summed E-state index contributed by atoms with van der Waals surface area (Å²) in [5.74, 6) is 0.553. The molecule has 0 saturated carbocycles. The molecule has 5 nitrogen and oxygen atoms in total. The third-order valence-electron chi connectivity index (χ3n) is 5.61. The Labute approximate surface area is 196 Å². The van der Waals surface area contributed by atoms with Gasteiger partial charge in [-0.05, 0) is 29.9 Å². The Bertz CT molecular complexity index is 933. The van der Waals surface area contributed by atoms with Gasteiger partial charge in [0.25, 0.3) is 0 Å². The summed E-state index contributed by atoms with van der Waals surface area (Å²) in [5, 5.41) is 0. The molecule has 2 atom stereocenters. The van der Waals surface area contributed by atoms with E-state index in [0.717, 1.165) is 38.2 Å². The standard InChI is InChI=1S/C24H28N4O.2ClH/c25-23(14-22-17-27(18-26-22)15-20-9-5-2-6-10-20)24(29)28-12-11-21(16-28)13-19-7-3-1-4-8-19;;/h1-10,17-18,21,23H,11-16,25H2;2*1H/t21?,23-;;/m0../s1. The number of rotatable bonds is 7. The molecule has 0 spiro atoms. The first-order valence-corrected chi connectivity index (χ1v) is 10.3. The van der Waals surface area contributed by atoms with Gasteiger partial charge in [-0.15, -0.1) is 24.8 Å². The monoisotopic (exact) mass is 460 g/mol. The summed E-state index contributed by atoms with van der Waals surface area (Å²) in [6.45, 7) is 2.36. The highest BCUT2D eigenvalue weighted by atomic mass is 35.5. The number of carbonyl (C=O) groups excluding carboxylic acids is 1. The van der Waals surface area contributed by atoms with Gasteiger partial charge in [-0.25, -0.2) is 4.98 Å². The molecule has 2 heterocycles. The summed E-state index contributed by atoms with van der Waals surface area (Å²) < 4.78 is 2.04.